The van der Waals surface area contributed by atoms with E-state index in [-0.39, 0.29) is 0 Å². The highest BCUT2D eigenvalue weighted by molar-refractivity contribution is 7.21. The quantitative estimate of drug-likeness (QED) is 0.492. The number of imidazole rings is 1. The molecular formula is C19H20N6OS. The molecule has 4 rings (SSSR count). The fourth-order valence-electron chi connectivity index (χ4n) is 3.16. The number of aromatic nitrogens is 3. The number of thiophene rings is 1. The number of rotatable bonds is 5. The average molecular weight is 380 g/mol. The van der Waals surface area contributed by atoms with Gasteiger partial charge in [-0.05, 0) is 30.5 Å². The molecule has 3 aromatic heterocycles. The van der Waals surface area contributed by atoms with E-state index in [1.165, 1.54) is 0 Å². The summed E-state index contributed by atoms with van der Waals surface area (Å²) in [6.45, 7) is 2.03. The van der Waals surface area contributed by atoms with Gasteiger partial charge in [0.1, 0.15) is 10.3 Å². The summed E-state index contributed by atoms with van der Waals surface area (Å²) in [5.74, 6) is 0.255. The number of hydrogen-bond acceptors (Lipinski definition) is 6. The van der Waals surface area contributed by atoms with Crippen molar-refractivity contribution in [1.29, 1.82) is 0 Å². The van der Waals surface area contributed by atoms with Crippen LogP contribution >= 0.6 is 11.3 Å². The van der Waals surface area contributed by atoms with Crippen LogP contribution in [-0.2, 0) is 11.2 Å². The Balaban J connectivity index is 1.82. The summed E-state index contributed by atoms with van der Waals surface area (Å²) in [6.07, 6.45) is 2.27. The number of nitrogens with one attached hydrogen (secondary N) is 1. The van der Waals surface area contributed by atoms with Crippen LogP contribution in [0.5, 0.6) is 0 Å². The molecule has 0 saturated heterocycles. The number of benzene rings is 1. The number of aryl methyl sites for hydroxylation is 1. The first-order valence-electron chi connectivity index (χ1n) is 8.57. The molecule has 0 aliphatic carbocycles. The largest absolute Gasteiger partial charge is 0.370 e. The van der Waals surface area contributed by atoms with Gasteiger partial charge in [0.2, 0.25) is 5.91 Å². The lowest BCUT2D eigenvalue weighted by Crippen LogP contribution is -2.38. The van der Waals surface area contributed by atoms with Gasteiger partial charge in [0, 0.05) is 23.8 Å². The molecule has 4 aromatic rings. The minimum Gasteiger partial charge on any atom is -0.370 e. The number of primary amides is 1. The summed E-state index contributed by atoms with van der Waals surface area (Å²) >= 11 is 1.66. The maximum absolute atomic E-state index is 11.2. The zero-order chi connectivity index (χ0) is 19.1. The lowest BCUT2D eigenvalue weighted by Gasteiger charge is -2.08. The number of hydrogen-bond donors (Lipinski definition) is 3. The second kappa shape index (κ2) is 6.64. The summed E-state index contributed by atoms with van der Waals surface area (Å²) in [7, 11) is 1.84. The van der Waals surface area contributed by atoms with E-state index < -0.39 is 11.9 Å². The molecule has 7 nitrogen and oxygen atoms in total. The molecule has 27 heavy (non-hydrogen) atoms. The number of fused-ring (bicyclic) bond motifs is 3. The van der Waals surface area contributed by atoms with Crippen LogP contribution in [0.15, 0.2) is 36.5 Å². The average Bonchev–Trinajstić information content (AvgIpc) is 3.24. The van der Waals surface area contributed by atoms with Crippen molar-refractivity contribution in [2.45, 2.75) is 19.4 Å². The van der Waals surface area contributed by atoms with Crippen LogP contribution in [0.2, 0.25) is 0 Å². The van der Waals surface area contributed by atoms with Crippen LogP contribution in [0, 0.1) is 6.92 Å². The van der Waals surface area contributed by atoms with Crippen molar-refractivity contribution in [1.82, 2.24) is 14.4 Å². The molecule has 5 N–H and O–H groups in total. The van der Waals surface area contributed by atoms with Crippen LogP contribution < -0.4 is 16.8 Å². The van der Waals surface area contributed by atoms with Gasteiger partial charge in [0.25, 0.3) is 0 Å². The van der Waals surface area contributed by atoms with Gasteiger partial charge < -0.3 is 16.8 Å². The van der Waals surface area contributed by atoms with Crippen molar-refractivity contribution in [3.8, 4) is 10.4 Å². The lowest BCUT2D eigenvalue weighted by atomic mass is 10.0. The van der Waals surface area contributed by atoms with Crippen molar-refractivity contribution in [2.75, 3.05) is 12.4 Å². The number of amides is 1. The van der Waals surface area contributed by atoms with Gasteiger partial charge in [-0.25, -0.2) is 9.97 Å². The van der Waals surface area contributed by atoms with Crippen molar-refractivity contribution < 1.29 is 4.79 Å². The van der Waals surface area contributed by atoms with Gasteiger partial charge in [-0.15, -0.1) is 11.3 Å². The van der Waals surface area contributed by atoms with Gasteiger partial charge in [-0.2, -0.15) is 0 Å². The molecule has 0 bridgehead atoms. The molecule has 0 unspecified atom stereocenters. The van der Waals surface area contributed by atoms with E-state index in [2.05, 4.69) is 20.8 Å². The molecule has 1 amide bonds. The Morgan fingerprint density at radius 2 is 2.19 bits per heavy atom. The van der Waals surface area contributed by atoms with Crippen molar-refractivity contribution in [3.63, 3.8) is 0 Å². The molecule has 0 fully saturated rings. The molecule has 1 atom stereocenters. The van der Waals surface area contributed by atoms with Crippen LogP contribution in [0.3, 0.4) is 0 Å². The summed E-state index contributed by atoms with van der Waals surface area (Å²) in [4.78, 5) is 22.6. The van der Waals surface area contributed by atoms with Gasteiger partial charge in [0.15, 0.2) is 11.5 Å². The Morgan fingerprint density at radius 3 is 2.93 bits per heavy atom. The monoisotopic (exact) mass is 380 g/mol. The Kier molecular flexibility index (Phi) is 4.29. The molecule has 0 aliphatic rings. The van der Waals surface area contributed by atoms with E-state index in [4.69, 9.17) is 16.5 Å². The molecule has 0 aliphatic heterocycles. The fourth-order valence-corrected chi connectivity index (χ4v) is 4.31. The number of nitrogens with zero attached hydrogens (tertiary/aromatic N) is 3. The van der Waals surface area contributed by atoms with E-state index in [9.17, 15) is 4.79 Å². The second-order valence-corrected chi connectivity index (χ2v) is 7.51. The highest BCUT2D eigenvalue weighted by Crippen LogP contribution is 2.35. The predicted octanol–water partition coefficient (Wildman–Crippen LogP) is 2.32. The normalized spacial score (nSPS) is 12.6. The number of carbonyl (C=O) groups is 1. The molecule has 8 heteroatoms. The standard InChI is InChI=1S/C19H20N6OS/c1-10-9-23-18-17(22-2)24-14-8-15(27-19(14)25(10)18)12-5-3-4-11(6-12)7-13(20)16(21)26/h3-6,8-9,13H,7,20H2,1-2H3,(H2,21,26)(H,22,24)/t13-/m0/s1. The zero-order valence-electron chi connectivity index (χ0n) is 15.1. The smallest absolute Gasteiger partial charge is 0.234 e. The van der Waals surface area contributed by atoms with Crippen LogP contribution in [0.1, 0.15) is 11.3 Å². The molecule has 0 spiro atoms. The zero-order valence-corrected chi connectivity index (χ0v) is 15.9. The third kappa shape index (κ3) is 3.02. The van der Waals surface area contributed by atoms with Gasteiger partial charge in [0.05, 0.1) is 6.04 Å². The van der Waals surface area contributed by atoms with E-state index in [1.807, 2.05) is 44.4 Å². The number of nitrogens with two attached hydrogens (primary N) is 2. The molecular weight excluding hydrogens is 360 g/mol. The summed E-state index contributed by atoms with van der Waals surface area (Å²) < 4.78 is 2.12. The molecule has 0 saturated carbocycles. The Hall–Kier alpha value is -2.97. The Labute approximate surface area is 160 Å². The fraction of sp³-hybridized carbons (Fsp3) is 0.211. The highest BCUT2D eigenvalue weighted by Gasteiger charge is 2.15. The van der Waals surface area contributed by atoms with E-state index in [1.54, 1.807) is 11.3 Å². The first-order chi connectivity index (χ1) is 13.0. The number of carbonyl (C=O) groups excluding carboxylic acids is 1. The first kappa shape index (κ1) is 17.4. The van der Waals surface area contributed by atoms with Crippen LogP contribution in [0.4, 0.5) is 5.82 Å². The predicted molar refractivity (Wildman–Crippen MR) is 109 cm³/mol. The number of anilines is 1. The highest BCUT2D eigenvalue weighted by atomic mass is 32.1. The maximum atomic E-state index is 11.2. The van der Waals surface area contributed by atoms with E-state index in [0.29, 0.717) is 6.42 Å². The lowest BCUT2D eigenvalue weighted by molar-refractivity contribution is -0.119. The topological polar surface area (TPSA) is 111 Å². The molecule has 3 heterocycles. The van der Waals surface area contributed by atoms with Crippen LogP contribution in [-0.4, -0.2) is 33.4 Å². The van der Waals surface area contributed by atoms with Gasteiger partial charge in [-0.3, -0.25) is 9.20 Å². The minimum atomic E-state index is -0.685. The first-order valence-corrected chi connectivity index (χ1v) is 9.39. The van der Waals surface area contributed by atoms with E-state index in [0.717, 1.165) is 43.5 Å². The molecule has 1 aromatic carbocycles. The maximum Gasteiger partial charge on any atom is 0.234 e. The van der Waals surface area contributed by atoms with Gasteiger partial charge in [-0.1, -0.05) is 24.3 Å². The molecule has 138 valence electrons. The summed E-state index contributed by atoms with van der Waals surface area (Å²) in [6, 6.07) is 9.40. The van der Waals surface area contributed by atoms with Crippen LogP contribution in [0.25, 0.3) is 26.4 Å². The Morgan fingerprint density at radius 1 is 1.37 bits per heavy atom. The summed E-state index contributed by atoms with van der Waals surface area (Å²) in [5.41, 5.74) is 15.9. The molecule has 0 radical (unpaired) electrons. The second-order valence-electron chi connectivity index (χ2n) is 6.48. The van der Waals surface area contributed by atoms with Crippen molar-refractivity contribution in [3.05, 3.63) is 47.8 Å². The minimum absolute atomic E-state index is 0.418. The third-order valence-corrected chi connectivity index (χ3v) is 5.71. The Bertz CT molecular complexity index is 1160. The van der Waals surface area contributed by atoms with Crippen molar-refractivity contribution in [2.24, 2.45) is 11.5 Å². The SMILES string of the molecule is CNc1nc2cc(-c3cccc(C[C@H](N)C(N)=O)c3)sc2n2c(C)cnc12. The van der Waals surface area contributed by atoms with E-state index >= 15 is 0 Å². The van der Waals surface area contributed by atoms with Crippen molar-refractivity contribution >= 4 is 39.1 Å². The van der Waals surface area contributed by atoms with Gasteiger partial charge >= 0.3 is 0 Å². The summed E-state index contributed by atoms with van der Waals surface area (Å²) in [5, 5.41) is 3.12. The third-order valence-electron chi connectivity index (χ3n) is 4.55.